The molecule has 37 heavy (non-hydrogen) atoms. The minimum absolute atomic E-state index is 0.0992. The molecule has 0 amide bonds. The van der Waals surface area contributed by atoms with E-state index in [1.165, 1.54) is 16.9 Å². The first kappa shape index (κ1) is 25.1. The van der Waals surface area contributed by atoms with Crippen molar-refractivity contribution < 1.29 is 18.3 Å². The van der Waals surface area contributed by atoms with Crippen molar-refractivity contribution in [3.63, 3.8) is 0 Å². The Morgan fingerprint density at radius 2 is 1.73 bits per heavy atom. The largest absolute Gasteiger partial charge is 0.480 e. The molecule has 0 spiro atoms. The van der Waals surface area contributed by atoms with E-state index in [0.717, 1.165) is 38.2 Å². The third-order valence-electron chi connectivity index (χ3n) is 6.58. The Bertz CT molecular complexity index is 1520. The van der Waals surface area contributed by atoms with Crippen molar-refractivity contribution in [3.05, 3.63) is 89.4 Å². The number of carboxylic acid groups (broad SMARTS) is 1. The molecule has 0 saturated heterocycles. The fraction of sp³-hybridized carbons (Fsp3) is 0.214. The molecule has 2 aromatic carbocycles. The van der Waals surface area contributed by atoms with Gasteiger partial charge in [0.2, 0.25) is 10.0 Å². The van der Waals surface area contributed by atoms with Crippen LogP contribution in [0.2, 0.25) is 0 Å². The molecule has 5 rings (SSSR count). The monoisotopic (exact) mass is 533 g/mol. The van der Waals surface area contributed by atoms with Gasteiger partial charge in [0, 0.05) is 35.1 Å². The number of hydrogen-bond acceptors (Lipinski definition) is 6. The second kappa shape index (κ2) is 10.1. The molecule has 3 heterocycles. The zero-order valence-corrected chi connectivity index (χ0v) is 22.2. The normalized spacial score (nSPS) is 15.3. The molecule has 0 fully saturated rings. The minimum Gasteiger partial charge on any atom is -0.480 e. The summed E-state index contributed by atoms with van der Waals surface area (Å²) in [6, 6.07) is 22.9. The Kier molecular flexibility index (Phi) is 6.85. The van der Waals surface area contributed by atoms with Crippen molar-refractivity contribution >= 4 is 33.1 Å². The van der Waals surface area contributed by atoms with Crippen LogP contribution in [0.3, 0.4) is 0 Å². The van der Waals surface area contributed by atoms with Crippen molar-refractivity contribution in [2.24, 2.45) is 0 Å². The fourth-order valence-corrected chi connectivity index (χ4v) is 7.96. The number of thiophene rings is 1. The minimum atomic E-state index is -3.82. The average Bonchev–Trinajstić information content (AvgIpc) is 3.43. The maximum Gasteiger partial charge on any atom is 0.322 e. The number of pyridine rings is 1. The second-order valence-electron chi connectivity index (χ2n) is 9.03. The van der Waals surface area contributed by atoms with Crippen LogP contribution in [0.1, 0.15) is 23.8 Å². The highest BCUT2D eigenvalue weighted by Gasteiger charge is 2.43. The van der Waals surface area contributed by atoms with E-state index in [2.05, 4.69) is 22.0 Å². The Morgan fingerprint density at radius 1 is 1.05 bits per heavy atom. The van der Waals surface area contributed by atoms with Crippen molar-refractivity contribution in [2.75, 3.05) is 11.9 Å². The highest BCUT2D eigenvalue weighted by molar-refractivity contribution is 7.89. The van der Waals surface area contributed by atoms with E-state index in [0.29, 0.717) is 4.88 Å². The van der Waals surface area contributed by atoms with Gasteiger partial charge in [-0.05, 0) is 41.3 Å². The van der Waals surface area contributed by atoms with Crippen LogP contribution >= 0.6 is 11.3 Å². The Hall–Kier alpha value is -3.53. The van der Waals surface area contributed by atoms with Crippen LogP contribution in [-0.4, -0.2) is 41.9 Å². The first-order valence-electron chi connectivity index (χ1n) is 12.0. The Labute approximate surface area is 220 Å². The number of rotatable bonds is 8. The number of carbonyl (C=O) groups is 1. The van der Waals surface area contributed by atoms with E-state index in [1.54, 1.807) is 13.0 Å². The zero-order valence-electron chi connectivity index (χ0n) is 20.5. The number of aromatic nitrogens is 1. The molecule has 1 aliphatic rings. The van der Waals surface area contributed by atoms with Crippen molar-refractivity contribution in [1.82, 2.24) is 9.29 Å². The van der Waals surface area contributed by atoms with Crippen LogP contribution in [0, 0.1) is 0 Å². The summed E-state index contributed by atoms with van der Waals surface area (Å²) in [5.74, 6) is -0.233. The summed E-state index contributed by atoms with van der Waals surface area (Å²) < 4.78 is 27.1. The van der Waals surface area contributed by atoms with Crippen LogP contribution in [-0.2, 0) is 27.9 Å². The van der Waals surface area contributed by atoms with Gasteiger partial charge in [-0.2, -0.15) is 4.31 Å². The quantitative estimate of drug-likeness (QED) is 0.323. The third-order valence-corrected chi connectivity index (χ3v) is 9.80. The molecular weight excluding hydrogens is 506 g/mol. The molecule has 4 aromatic rings. The second-order valence-corrected chi connectivity index (χ2v) is 12.0. The van der Waals surface area contributed by atoms with E-state index in [9.17, 15) is 18.3 Å². The number of aliphatic carboxylic acids is 1. The lowest BCUT2D eigenvalue weighted by Crippen LogP contribution is -2.40. The maximum atomic E-state index is 13.0. The molecule has 7 nitrogen and oxygen atoms in total. The molecule has 0 aliphatic carbocycles. The molecule has 0 bridgehead atoms. The Balaban J connectivity index is 1.31. The smallest absolute Gasteiger partial charge is 0.322 e. The predicted octanol–water partition coefficient (Wildman–Crippen LogP) is 5.48. The van der Waals surface area contributed by atoms with Crippen LogP contribution in [0.5, 0.6) is 0 Å². The molecule has 190 valence electrons. The number of carboxylic acids is 1. The lowest BCUT2D eigenvalue weighted by molar-refractivity contribution is -0.141. The van der Waals surface area contributed by atoms with Crippen LogP contribution in [0.15, 0.2) is 83.9 Å². The summed E-state index contributed by atoms with van der Waals surface area (Å²) in [5.41, 5.74) is 4.15. The SMILES string of the molecule is CCC(C(=O)O)N1Cc2sc(-c3ccc(-c4ccc(N(C)Cc5ccccc5)nc4)cc3)cc2S1(=O)=O. The lowest BCUT2D eigenvalue weighted by Gasteiger charge is -2.21. The molecule has 0 radical (unpaired) electrons. The lowest BCUT2D eigenvalue weighted by atomic mass is 10.0. The van der Waals surface area contributed by atoms with Crippen molar-refractivity contribution in [1.29, 1.82) is 0 Å². The van der Waals surface area contributed by atoms with Gasteiger partial charge in [-0.3, -0.25) is 4.79 Å². The highest BCUT2D eigenvalue weighted by atomic mass is 32.2. The van der Waals surface area contributed by atoms with Gasteiger partial charge in [-0.15, -0.1) is 11.3 Å². The topological polar surface area (TPSA) is 90.8 Å². The molecule has 1 atom stereocenters. The van der Waals surface area contributed by atoms with Gasteiger partial charge >= 0.3 is 5.97 Å². The van der Waals surface area contributed by atoms with Crippen molar-refractivity contribution in [2.45, 2.75) is 37.4 Å². The molecule has 1 N–H and O–H groups in total. The van der Waals surface area contributed by atoms with Crippen LogP contribution in [0.25, 0.3) is 21.6 Å². The molecule has 2 aromatic heterocycles. The summed E-state index contributed by atoms with van der Waals surface area (Å²) in [4.78, 5) is 20.0. The van der Waals surface area contributed by atoms with Crippen LogP contribution < -0.4 is 4.90 Å². The molecule has 9 heteroatoms. The van der Waals surface area contributed by atoms with E-state index in [4.69, 9.17) is 0 Å². The standard InChI is InChI=1S/C28H27N3O4S2/c1-3-23(28(32)33)31-18-25-26(37(31,34)35)15-24(36-25)21-11-9-20(10-12-21)22-13-14-27(29-16-22)30(2)17-19-7-5-4-6-8-19/h4-16,23H,3,17-18H2,1-2H3,(H,32,33). The molecule has 0 saturated carbocycles. The van der Waals surface area contributed by atoms with E-state index >= 15 is 0 Å². The number of fused-ring (bicyclic) bond motifs is 1. The van der Waals surface area contributed by atoms with E-state index in [-0.39, 0.29) is 17.9 Å². The predicted molar refractivity (Wildman–Crippen MR) is 146 cm³/mol. The number of anilines is 1. The summed E-state index contributed by atoms with van der Waals surface area (Å²) in [7, 11) is -1.80. The number of benzene rings is 2. The first-order chi connectivity index (χ1) is 17.8. The number of sulfonamides is 1. The first-order valence-corrected chi connectivity index (χ1v) is 14.2. The van der Waals surface area contributed by atoms with Gasteiger partial charge in [-0.1, -0.05) is 61.5 Å². The van der Waals surface area contributed by atoms with Gasteiger partial charge in [0.25, 0.3) is 0 Å². The fourth-order valence-electron chi connectivity index (χ4n) is 4.56. The van der Waals surface area contributed by atoms with Crippen molar-refractivity contribution in [3.8, 4) is 21.6 Å². The van der Waals surface area contributed by atoms with Gasteiger partial charge in [0.1, 0.15) is 11.9 Å². The van der Waals surface area contributed by atoms with Crippen LogP contribution in [0.4, 0.5) is 5.82 Å². The van der Waals surface area contributed by atoms with Gasteiger partial charge in [-0.25, -0.2) is 13.4 Å². The summed E-state index contributed by atoms with van der Waals surface area (Å²) in [6.07, 6.45) is 2.08. The number of nitrogens with zero attached hydrogens (tertiary/aromatic N) is 3. The van der Waals surface area contributed by atoms with Gasteiger partial charge in [0.05, 0.1) is 11.4 Å². The van der Waals surface area contributed by atoms with E-state index in [1.807, 2.05) is 67.8 Å². The summed E-state index contributed by atoms with van der Waals surface area (Å²) >= 11 is 1.40. The van der Waals surface area contributed by atoms with E-state index < -0.39 is 22.0 Å². The average molecular weight is 534 g/mol. The molecule has 1 aliphatic heterocycles. The van der Waals surface area contributed by atoms with Gasteiger partial charge < -0.3 is 10.0 Å². The maximum absolute atomic E-state index is 13.0. The molecular formula is C28H27N3O4S2. The zero-order chi connectivity index (χ0) is 26.2. The van der Waals surface area contributed by atoms with Gasteiger partial charge in [0.15, 0.2) is 0 Å². The number of hydrogen-bond donors (Lipinski definition) is 1. The third kappa shape index (κ3) is 4.90. The molecule has 1 unspecified atom stereocenters. The highest BCUT2D eigenvalue weighted by Crippen LogP contribution is 2.42. The Morgan fingerprint density at radius 3 is 2.32 bits per heavy atom. The summed E-state index contributed by atoms with van der Waals surface area (Å²) in [5, 5.41) is 9.43. The summed E-state index contributed by atoms with van der Waals surface area (Å²) in [6.45, 7) is 2.55.